The van der Waals surface area contributed by atoms with Gasteiger partial charge >= 0.3 is 6.18 Å². The molecule has 152 valence electrons. The molecule has 1 aromatic heterocycles. The number of hydrogen-bond donors (Lipinski definition) is 1. The lowest BCUT2D eigenvalue weighted by molar-refractivity contribution is -0.137. The van der Waals surface area contributed by atoms with Crippen molar-refractivity contribution in [3.63, 3.8) is 0 Å². The molecule has 1 N–H and O–H groups in total. The van der Waals surface area contributed by atoms with E-state index in [9.17, 15) is 27.6 Å². The number of carbonyl (C=O) groups is 2. The first-order valence-electron chi connectivity index (χ1n) is 8.77. The molecule has 2 aromatic rings. The Kier molecular flexibility index (Phi) is 4.85. The predicted octanol–water partition coefficient (Wildman–Crippen LogP) is 2.50. The van der Waals surface area contributed by atoms with Crippen LogP contribution in [-0.4, -0.2) is 33.4 Å². The summed E-state index contributed by atoms with van der Waals surface area (Å²) in [6.07, 6.45) is -1.63. The highest BCUT2D eigenvalue weighted by Crippen LogP contribution is 2.39. The van der Waals surface area contributed by atoms with Gasteiger partial charge in [-0.1, -0.05) is 12.1 Å². The fourth-order valence-electron chi connectivity index (χ4n) is 3.12. The van der Waals surface area contributed by atoms with Gasteiger partial charge in [0.1, 0.15) is 12.2 Å². The molecule has 2 aliphatic rings. The highest BCUT2D eigenvalue weighted by atomic mass is 32.2. The van der Waals surface area contributed by atoms with Crippen molar-refractivity contribution in [2.24, 2.45) is 0 Å². The molecule has 29 heavy (non-hydrogen) atoms. The number of benzene rings is 1. The van der Waals surface area contributed by atoms with Crippen LogP contribution in [0.4, 0.5) is 24.5 Å². The molecular weight excluding hydrogens is 409 g/mol. The summed E-state index contributed by atoms with van der Waals surface area (Å²) in [5.41, 5.74) is -1.82. The van der Waals surface area contributed by atoms with E-state index in [-0.39, 0.29) is 23.4 Å². The summed E-state index contributed by atoms with van der Waals surface area (Å²) in [5, 5.41) is 6.13. The molecule has 1 aliphatic carbocycles. The number of anilines is 2. The maximum absolute atomic E-state index is 13.1. The van der Waals surface area contributed by atoms with Crippen LogP contribution in [0.2, 0.25) is 0 Å². The number of halogens is 3. The molecular formula is C18H15F3N4O3S. The van der Waals surface area contributed by atoms with Crippen LogP contribution in [0.1, 0.15) is 18.4 Å². The van der Waals surface area contributed by atoms with E-state index in [1.165, 1.54) is 35.0 Å². The van der Waals surface area contributed by atoms with E-state index < -0.39 is 35.4 Å². The number of hydrogen-bond acceptors (Lipinski definition) is 5. The van der Waals surface area contributed by atoms with Crippen LogP contribution >= 0.6 is 11.8 Å². The highest BCUT2D eigenvalue weighted by molar-refractivity contribution is 8.00. The lowest BCUT2D eigenvalue weighted by Crippen LogP contribution is -2.43. The summed E-state index contributed by atoms with van der Waals surface area (Å²) in [6.45, 7) is -0.574. The van der Waals surface area contributed by atoms with E-state index in [0.717, 1.165) is 29.7 Å². The molecule has 2 heterocycles. The monoisotopic (exact) mass is 424 g/mol. The SMILES string of the molecule is O=C(Cn1ncc2c(c1=O)N(C1CC1)C(=O)CS2)Nc1ccccc1C(F)(F)F. The average molecular weight is 424 g/mol. The zero-order chi connectivity index (χ0) is 20.8. The molecule has 0 bridgehead atoms. The van der Waals surface area contributed by atoms with Crippen LogP contribution in [-0.2, 0) is 22.3 Å². The van der Waals surface area contributed by atoms with Gasteiger partial charge in [-0.15, -0.1) is 11.8 Å². The molecule has 1 aliphatic heterocycles. The molecule has 0 unspecified atom stereocenters. The molecule has 7 nitrogen and oxygen atoms in total. The Hall–Kier alpha value is -2.82. The first-order chi connectivity index (χ1) is 13.8. The minimum absolute atomic E-state index is 0.0295. The zero-order valence-corrected chi connectivity index (χ0v) is 15.7. The smallest absolute Gasteiger partial charge is 0.324 e. The zero-order valence-electron chi connectivity index (χ0n) is 14.9. The van der Waals surface area contributed by atoms with Gasteiger partial charge in [-0.3, -0.25) is 14.4 Å². The Morgan fingerprint density at radius 3 is 2.66 bits per heavy atom. The van der Waals surface area contributed by atoms with Gasteiger partial charge in [0.25, 0.3) is 5.56 Å². The number of aromatic nitrogens is 2. The second kappa shape index (κ2) is 7.21. The van der Waals surface area contributed by atoms with Gasteiger partial charge in [-0.05, 0) is 25.0 Å². The highest BCUT2D eigenvalue weighted by Gasteiger charge is 2.39. The summed E-state index contributed by atoms with van der Waals surface area (Å²) in [4.78, 5) is 39.4. The molecule has 0 spiro atoms. The topological polar surface area (TPSA) is 84.3 Å². The summed E-state index contributed by atoms with van der Waals surface area (Å²) in [5.74, 6) is -0.795. The number of carbonyl (C=O) groups excluding carboxylic acids is 2. The first-order valence-corrected chi connectivity index (χ1v) is 9.75. The fourth-order valence-corrected chi connectivity index (χ4v) is 3.98. The van der Waals surface area contributed by atoms with E-state index in [2.05, 4.69) is 10.4 Å². The van der Waals surface area contributed by atoms with Crippen LogP contribution in [0, 0.1) is 0 Å². The number of fused-ring (bicyclic) bond motifs is 1. The molecule has 0 atom stereocenters. The maximum Gasteiger partial charge on any atom is 0.418 e. The molecule has 0 radical (unpaired) electrons. The van der Waals surface area contributed by atoms with Crippen molar-refractivity contribution in [1.29, 1.82) is 0 Å². The van der Waals surface area contributed by atoms with Gasteiger partial charge in [-0.25, -0.2) is 4.68 Å². The number of rotatable bonds is 4. The van der Waals surface area contributed by atoms with Gasteiger partial charge in [0.15, 0.2) is 0 Å². The summed E-state index contributed by atoms with van der Waals surface area (Å²) >= 11 is 1.20. The lowest BCUT2D eigenvalue weighted by atomic mass is 10.1. The van der Waals surface area contributed by atoms with Crippen LogP contribution in [0.25, 0.3) is 0 Å². The van der Waals surface area contributed by atoms with Crippen molar-refractivity contribution < 1.29 is 22.8 Å². The van der Waals surface area contributed by atoms with Gasteiger partial charge in [0.05, 0.1) is 28.1 Å². The lowest BCUT2D eigenvalue weighted by Gasteiger charge is -2.28. The Bertz CT molecular complexity index is 1050. The molecule has 1 aromatic carbocycles. The third-order valence-corrected chi connectivity index (χ3v) is 5.56. The second-order valence-corrected chi connectivity index (χ2v) is 7.71. The molecule has 4 rings (SSSR count). The minimum atomic E-state index is -4.63. The van der Waals surface area contributed by atoms with Gasteiger partial charge in [-0.2, -0.15) is 18.3 Å². The molecule has 11 heteroatoms. The Balaban J connectivity index is 1.59. The van der Waals surface area contributed by atoms with Gasteiger partial charge < -0.3 is 10.2 Å². The van der Waals surface area contributed by atoms with E-state index in [4.69, 9.17) is 0 Å². The van der Waals surface area contributed by atoms with Crippen molar-refractivity contribution in [3.05, 3.63) is 46.4 Å². The van der Waals surface area contributed by atoms with Crippen LogP contribution in [0.15, 0.2) is 40.2 Å². The minimum Gasteiger partial charge on any atom is -0.324 e. The number of amides is 2. The van der Waals surface area contributed by atoms with Crippen molar-refractivity contribution >= 4 is 35.0 Å². The normalized spacial score (nSPS) is 16.5. The third-order valence-electron chi connectivity index (χ3n) is 4.56. The number of thioether (sulfide) groups is 1. The van der Waals surface area contributed by atoms with Crippen molar-refractivity contribution in [1.82, 2.24) is 9.78 Å². The van der Waals surface area contributed by atoms with E-state index >= 15 is 0 Å². The summed E-state index contributed by atoms with van der Waals surface area (Å²) in [6, 6.07) is 4.54. The Morgan fingerprint density at radius 1 is 1.24 bits per heavy atom. The van der Waals surface area contributed by atoms with E-state index in [0.29, 0.717) is 4.90 Å². The summed E-state index contributed by atoms with van der Waals surface area (Å²) in [7, 11) is 0. The van der Waals surface area contributed by atoms with E-state index in [1.807, 2.05) is 0 Å². The average Bonchev–Trinajstić information content (AvgIpc) is 3.49. The summed E-state index contributed by atoms with van der Waals surface area (Å²) < 4.78 is 40.1. The predicted molar refractivity (Wildman–Crippen MR) is 99.8 cm³/mol. The van der Waals surface area contributed by atoms with Gasteiger partial charge in [0, 0.05) is 6.04 Å². The standard InChI is InChI=1S/C18H15F3N4O3S/c19-18(20,21)11-3-1-2-4-12(11)23-14(26)8-24-17(28)16-13(7-22-24)29-9-15(27)25(16)10-5-6-10/h1-4,7,10H,5-6,8-9H2,(H,23,26). The van der Waals surface area contributed by atoms with E-state index in [1.54, 1.807) is 0 Å². The number of nitrogens with zero attached hydrogens (tertiary/aromatic N) is 3. The third kappa shape index (κ3) is 3.86. The molecule has 1 saturated carbocycles. The van der Waals surface area contributed by atoms with Crippen LogP contribution < -0.4 is 15.8 Å². The number of alkyl halides is 3. The molecule has 2 amide bonds. The van der Waals surface area contributed by atoms with Gasteiger partial charge in [0.2, 0.25) is 11.8 Å². The Labute approximate surface area is 166 Å². The van der Waals surface area contributed by atoms with Crippen molar-refractivity contribution in [3.8, 4) is 0 Å². The second-order valence-electron chi connectivity index (χ2n) is 6.70. The Morgan fingerprint density at radius 2 is 1.97 bits per heavy atom. The van der Waals surface area contributed by atoms with Crippen molar-refractivity contribution in [2.45, 2.75) is 36.5 Å². The first kappa shape index (κ1) is 19.5. The molecule has 1 fully saturated rings. The van der Waals surface area contributed by atoms with Crippen LogP contribution in [0.3, 0.4) is 0 Å². The van der Waals surface area contributed by atoms with Crippen LogP contribution in [0.5, 0.6) is 0 Å². The molecule has 0 saturated heterocycles. The number of nitrogens with one attached hydrogen (secondary N) is 1. The number of para-hydroxylation sites is 1. The fraction of sp³-hybridized carbons (Fsp3) is 0.333. The largest absolute Gasteiger partial charge is 0.418 e. The quantitative estimate of drug-likeness (QED) is 0.816. The van der Waals surface area contributed by atoms with Crippen molar-refractivity contribution in [2.75, 3.05) is 16.0 Å². The maximum atomic E-state index is 13.1.